The highest BCUT2D eigenvalue weighted by Gasteiger charge is 2.41. The number of hydrogen-bond donors (Lipinski definition) is 2. The Morgan fingerprint density at radius 1 is 1.67 bits per heavy atom. The van der Waals surface area contributed by atoms with Gasteiger partial charge in [-0.25, -0.2) is 0 Å². The van der Waals surface area contributed by atoms with Gasteiger partial charge in [0, 0.05) is 20.0 Å². The number of halogens is 1. The molecule has 0 radical (unpaired) electrons. The zero-order chi connectivity index (χ0) is 13.3. The molecule has 1 aliphatic heterocycles. The van der Waals surface area contributed by atoms with E-state index in [1.54, 1.807) is 11.7 Å². The fraction of sp³-hybridized carbons (Fsp3) is 0.667. The monoisotopic (exact) mass is 271 g/mol. The molecule has 0 aliphatic carbocycles. The van der Waals surface area contributed by atoms with Gasteiger partial charge in [0.1, 0.15) is 0 Å². The summed E-state index contributed by atoms with van der Waals surface area (Å²) in [7, 11) is 1.81. The molecule has 0 spiro atoms. The Labute approximate surface area is 111 Å². The lowest BCUT2D eigenvalue weighted by Gasteiger charge is -2.33. The van der Waals surface area contributed by atoms with Gasteiger partial charge in [-0.1, -0.05) is 11.6 Å². The van der Waals surface area contributed by atoms with Crippen LogP contribution in [-0.4, -0.2) is 33.9 Å². The van der Waals surface area contributed by atoms with Crippen LogP contribution in [0.5, 0.6) is 0 Å². The summed E-state index contributed by atoms with van der Waals surface area (Å²) in [6.07, 6.45) is 1.97. The molecule has 1 saturated heterocycles. The maximum Gasteiger partial charge on any atom is 0.311 e. The quantitative estimate of drug-likeness (QED) is 0.872. The number of carbonyl (C=O) groups is 1. The summed E-state index contributed by atoms with van der Waals surface area (Å²) in [5.74, 6) is -0.760. The highest BCUT2D eigenvalue weighted by Crippen LogP contribution is 2.34. The molecule has 5 nitrogen and oxygen atoms in total. The third-order valence-corrected chi connectivity index (χ3v) is 4.19. The van der Waals surface area contributed by atoms with Gasteiger partial charge >= 0.3 is 5.97 Å². The van der Waals surface area contributed by atoms with Crippen LogP contribution in [-0.2, 0) is 18.3 Å². The fourth-order valence-corrected chi connectivity index (χ4v) is 2.80. The van der Waals surface area contributed by atoms with E-state index in [4.69, 9.17) is 11.6 Å². The maximum absolute atomic E-state index is 11.6. The molecule has 1 aliphatic rings. The van der Waals surface area contributed by atoms with Crippen LogP contribution in [0.1, 0.15) is 24.2 Å². The first-order valence-electron chi connectivity index (χ1n) is 6.08. The molecule has 0 bridgehead atoms. The minimum Gasteiger partial charge on any atom is -0.481 e. The molecule has 1 fully saturated rings. The van der Waals surface area contributed by atoms with Crippen LogP contribution in [0.4, 0.5) is 0 Å². The molecule has 1 aromatic heterocycles. The van der Waals surface area contributed by atoms with Gasteiger partial charge in [-0.05, 0) is 26.3 Å². The Bertz CT molecular complexity index is 464. The summed E-state index contributed by atoms with van der Waals surface area (Å²) in [5.41, 5.74) is 0.793. The van der Waals surface area contributed by atoms with Crippen molar-refractivity contribution < 1.29 is 9.90 Å². The minimum atomic E-state index is -0.762. The number of rotatable bonds is 3. The lowest BCUT2D eigenvalue weighted by molar-refractivity contribution is -0.150. The van der Waals surface area contributed by atoms with Gasteiger partial charge in [-0.2, -0.15) is 5.10 Å². The Kier molecular flexibility index (Phi) is 3.64. The smallest absolute Gasteiger partial charge is 0.311 e. The fourth-order valence-electron chi connectivity index (χ4n) is 2.57. The van der Waals surface area contributed by atoms with Crippen molar-refractivity contribution in [1.82, 2.24) is 15.1 Å². The van der Waals surface area contributed by atoms with Gasteiger partial charge in [-0.3, -0.25) is 9.48 Å². The third-order valence-electron chi connectivity index (χ3n) is 3.69. The molecule has 0 aromatic carbocycles. The lowest BCUT2D eigenvalue weighted by atomic mass is 9.77. The molecule has 2 rings (SSSR count). The summed E-state index contributed by atoms with van der Waals surface area (Å²) < 4.78 is 1.69. The summed E-state index contributed by atoms with van der Waals surface area (Å²) in [6.45, 7) is 3.20. The van der Waals surface area contributed by atoms with Crippen molar-refractivity contribution in [1.29, 1.82) is 0 Å². The highest BCUT2D eigenvalue weighted by molar-refractivity contribution is 6.31. The van der Waals surface area contributed by atoms with E-state index in [1.807, 2.05) is 6.92 Å². The molecule has 2 N–H and O–H groups in total. The van der Waals surface area contributed by atoms with Gasteiger partial charge in [-0.15, -0.1) is 0 Å². The standard InChI is InChI=1S/C12H18ClN3O2/c1-8-10(13)9(16(2)15-8)6-12(11(17)18)4-3-5-14-7-12/h14H,3-7H2,1-2H3,(H,17,18). The second-order valence-corrected chi connectivity index (χ2v) is 5.39. The van der Waals surface area contributed by atoms with Crippen molar-refractivity contribution in [2.24, 2.45) is 12.5 Å². The van der Waals surface area contributed by atoms with Crippen LogP contribution in [0.3, 0.4) is 0 Å². The first kappa shape index (κ1) is 13.4. The number of piperidine rings is 1. The van der Waals surface area contributed by atoms with Crippen LogP contribution in [0.25, 0.3) is 0 Å². The normalized spacial score (nSPS) is 24.2. The maximum atomic E-state index is 11.6. The molecule has 18 heavy (non-hydrogen) atoms. The van der Waals surface area contributed by atoms with E-state index in [0.29, 0.717) is 24.4 Å². The summed E-state index contributed by atoms with van der Waals surface area (Å²) >= 11 is 6.20. The van der Waals surface area contributed by atoms with E-state index < -0.39 is 11.4 Å². The molecule has 1 aromatic rings. The van der Waals surface area contributed by atoms with Gasteiger partial charge in [0.2, 0.25) is 0 Å². The molecule has 0 saturated carbocycles. The van der Waals surface area contributed by atoms with Crippen LogP contribution >= 0.6 is 11.6 Å². The van der Waals surface area contributed by atoms with Gasteiger partial charge in [0.05, 0.1) is 21.8 Å². The Hall–Kier alpha value is -1.07. The lowest BCUT2D eigenvalue weighted by Crippen LogP contribution is -2.47. The van der Waals surface area contributed by atoms with E-state index in [2.05, 4.69) is 10.4 Å². The molecular formula is C12H18ClN3O2. The second-order valence-electron chi connectivity index (χ2n) is 5.01. The minimum absolute atomic E-state index is 0.422. The zero-order valence-corrected chi connectivity index (χ0v) is 11.4. The number of aromatic nitrogens is 2. The number of nitrogens with one attached hydrogen (secondary N) is 1. The summed E-state index contributed by atoms with van der Waals surface area (Å²) in [5, 5.41) is 17.5. The Morgan fingerprint density at radius 3 is 2.83 bits per heavy atom. The topological polar surface area (TPSA) is 67.2 Å². The van der Waals surface area contributed by atoms with E-state index >= 15 is 0 Å². The van der Waals surface area contributed by atoms with E-state index in [1.165, 1.54) is 0 Å². The predicted octanol–water partition coefficient (Wildman–Crippen LogP) is 1.38. The third kappa shape index (κ3) is 2.24. The van der Waals surface area contributed by atoms with Crippen molar-refractivity contribution >= 4 is 17.6 Å². The predicted molar refractivity (Wildman–Crippen MR) is 68.8 cm³/mol. The van der Waals surface area contributed by atoms with Crippen molar-refractivity contribution in [2.45, 2.75) is 26.2 Å². The zero-order valence-electron chi connectivity index (χ0n) is 10.7. The summed E-state index contributed by atoms with van der Waals surface area (Å²) in [4.78, 5) is 11.6. The van der Waals surface area contributed by atoms with Crippen molar-refractivity contribution in [3.63, 3.8) is 0 Å². The van der Waals surface area contributed by atoms with Crippen molar-refractivity contribution in [3.8, 4) is 0 Å². The van der Waals surface area contributed by atoms with Crippen LogP contribution < -0.4 is 5.32 Å². The molecule has 0 amide bonds. The number of carboxylic acid groups (broad SMARTS) is 1. The SMILES string of the molecule is Cc1nn(C)c(CC2(C(=O)O)CCCNC2)c1Cl. The number of carboxylic acids is 1. The molecule has 100 valence electrons. The van der Waals surface area contributed by atoms with Gasteiger partial charge in [0.25, 0.3) is 0 Å². The molecule has 6 heteroatoms. The second kappa shape index (κ2) is 4.90. The number of nitrogens with zero attached hydrogens (tertiary/aromatic N) is 2. The number of aliphatic carboxylic acids is 1. The van der Waals surface area contributed by atoms with E-state index in [0.717, 1.165) is 24.4 Å². The number of aryl methyl sites for hydroxylation is 2. The average molecular weight is 272 g/mol. The Morgan fingerprint density at radius 2 is 2.39 bits per heavy atom. The van der Waals surface area contributed by atoms with Crippen molar-refractivity contribution in [3.05, 3.63) is 16.4 Å². The van der Waals surface area contributed by atoms with Crippen molar-refractivity contribution in [2.75, 3.05) is 13.1 Å². The van der Waals surface area contributed by atoms with E-state index in [-0.39, 0.29) is 0 Å². The highest BCUT2D eigenvalue weighted by atomic mass is 35.5. The van der Waals surface area contributed by atoms with Crippen LogP contribution in [0, 0.1) is 12.3 Å². The largest absolute Gasteiger partial charge is 0.481 e. The molecule has 1 unspecified atom stereocenters. The summed E-state index contributed by atoms with van der Waals surface area (Å²) in [6, 6.07) is 0. The molecular weight excluding hydrogens is 254 g/mol. The van der Waals surface area contributed by atoms with Crippen LogP contribution in [0.2, 0.25) is 5.02 Å². The van der Waals surface area contributed by atoms with E-state index in [9.17, 15) is 9.90 Å². The Balaban J connectivity index is 2.31. The van der Waals surface area contributed by atoms with Gasteiger partial charge < -0.3 is 10.4 Å². The average Bonchev–Trinajstić information content (AvgIpc) is 2.57. The first-order chi connectivity index (χ1) is 8.46. The first-order valence-corrected chi connectivity index (χ1v) is 6.46. The molecule has 2 heterocycles. The number of hydrogen-bond acceptors (Lipinski definition) is 3. The van der Waals surface area contributed by atoms with Gasteiger partial charge in [0.15, 0.2) is 0 Å². The van der Waals surface area contributed by atoms with Crippen LogP contribution in [0.15, 0.2) is 0 Å². The molecule has 1 atom stereocenters.